The largest absolute Gasteiger partial charge is 0.387 e. The maximum absolute atomic E-state index is 10.9. The van der Waals surface area contributed by atoms with E-state index in [-0.39, 0.29) is 23.7 Å². The average molecular weight is 399 g/mol. The summed E-state index contributed by atoms with van der Waals surface area (Å²) >= 11 is 0. The van der Waals surface area contributed by atoms with Crippen LogP contribution in [-0.2, 0) is 19.2 Å². The van der Waals surface area contributed by atoms with Crippen molar-refractivity contribution in [1.29, 1.82) is 0 Å². The van der Waals surface area contributed by atoms with Crippen molar-refractivity contribution in [3.63, 3.8) is 0 Å². The van der Waals surface area contributed by atoms with Gasteiger partial charge in [-0.05, 0) is 5.92 Å². The fourth-order valence-corrected chi connectivity index (χ4v) is 2.95. The first-order valence-electron chi connectivity index (χ1n) is 7.59. The Morgan fingerprint density at radius 2 is 2.07 bits per heavy atom. The lowest BCUT2D eigenvalue weighted by Gasteiger charge is -2.15. The number of ether oxygens (including phenoxy) is 1. The molecule has 0 radical (unpaired) electrons. The van der Waals surface area contributed by atoms with Crippen molar-refractivity contribution in [2.24, 2.45) is 10.9 Å². The second-order valence-electron chi connectivity index (χ2n) is 5.58. The fourth-order valence-electron chi connectivity index (χ4n) is 2.63. The van der Waals surface area contributed by atoms with Crippen LogP contribution in [0.15, 0.2) is 6.33 Å². The average Bonchev–Trinajstić information content (AvgIpc) is 3.10. The monoisotopic (exact) mass is 399 g/mol. The van der Waals surface area contributed by atoms with Crippen molar-refractivity contribution in [1.82, 2.24) is 19.7 Å². The van der Waals surface area contributed by atoms with Crippen molar-refractivity contribution in [3.05, 3.63) is 12.0 Å². The second-order valence-corrected chi connectivity index (χ2v) is 6.80. The molecule has 1 aliphatic rings. The Kier molecular flexibility index (Phi) is 5.26. The minimum atomic E-state index is -4.24. The molecule has 2 aromatic heterocycles. The third-order valence-corrected chi connectivity index (χ3v) is 4.27. The van der Waals surface area contributed by atoms with Crippen molar-refractivity contribution in [3.8, 4) is 11.8 Å². The third-order valence-electron chi connectivity index (χ3n) is 3.80. The van der Waals surface area contributed by atoms with Gasteiger partial charge in [-0.1, -0.05) is 5.92 Å². The van der Waals surface area contributed by atoms with E-state index in [1.807, 2.05) is 0 Å². The van der Waals surface area contributed by atoms with Gasteiger partial charge in [0.05, 0.1) is 18.5 Å². The van der Waals surface area contributed by atoms with E-state index in [1.165, 1.54) is 11.0 Å². The van der Waals surface area contributed by atoms with Crippen LogP contribution in [0.4, 0.5) is 5.82 Å². The quantitative estimate of drug-likeness (QED) is 0.319. The zero-order valence-corrected chi connectivity index (χ0v) is 14.6. The molecule has 13 nitrogen and oxygen atoms in total. The van der Waals surface area contributed by atoms with Crippen LogP contribution in [-0.4, -0.2) is 69.8 Å². The fraction of sp³-hybridized carbons (Fsp3) is 0.462. The van der Waals surface area contributed by atoms with Gasteiger partial charge in [0.15, 0.2) is 11.9 Å². The summed E-state index contributed by atoms with van der Waals surface area (Å²) < 4.78 is 33.0. The number of anilines is 1. The molecule has 0 aromatic carbocycles. The summed E-state index contributed by atoms with van der Waals surface area (Å²) in [5.41, 5.74) is 11.7. The molecule has 0 aliphatic carbocycles. The molecule has 0 unspecified atom stereocenters. The molecular formula is C13H17N7O6S. The van der Waals surface area contributed by atoms with E-state index < -0.39 is 41.5 Å². The minimum Gasteiger partial charge on any atom is -0.387 e. The van der Waals surface area contributed by atoms with Crippen LogP contribution in [0.25, 0.3) is 11.0 Å². The highest BCUT2D eigenvalue weighted by atomic mass is 32.2. The highest BCUT2D eigenvalue weighted by Gasteiger charge is 2.45. The van der Waals surface area contributed by atoms with Gasteiger partial charge in [0.2, 0.25) is 0 Å². The topological polar surface area (TPSA) is 215 Å². The standard InChI is InChI=1S/C13H17N7O6S/c14-3-1-2-6-8-11(15)17-5-18-12(8)20(19-6)13-10(22)9(21)7(26-13)4-25-27(16,23)24/h5,7,9-10,13,21-22H,3-4,14H2,(H2,15,17,18)(H2,16,23,24)/t7-,9-,10-,13-/m1/s1. The first kappa shape index (κ1) is 19.4. The summed E-state index contributed by atoms with van der Waals surface area (Å²) in [5, 5.41) is 29.8. The first-order chi connectivity index (χ1) is 12.7. The van der Waals surface area contributed by atoms with Gasteiger partial charge in [0.1, 0.15) is 36.2 Å². The van der Waals surface area contributed by atoms with Crippen molar-refractivity contribution >= 4 is 27.2 Å². The smallest absolute Gasteiger partial charge is 0.333 e. The molecule has 8 N–H and O–H groups in total. The SMILES string of the molecule is NCC#Cc1nn([C@@H]2O[C@H](COS(N)(=O)=O)[C@@H](O)[C@H]2O)c2ncnc(N)c12. The van der Waals surface area contributed by atoms with Gasteiger partial charge in [-0.25, -0.2) is 19.8 Å². The lowest BCUT2D eigenvalue weighted by molar-refractivity contribution is -0.0527. The van der Waals surface area contributed by atoms with Gasteiger partial charge in [-0.3, -0.25) is 4.18 Å². The van der Waals surface area contributed by atoms with Crippen LogP contribution < -0.4 is 16.6 Å². The van der Waals surface area contributed by atoms with Gasteiger partial charge >= 0.3 is 10.3 Å². The number of rotatable bonds is 4. The molecule has 1 fully saturated rings. The highest BCUT2D eigenvalue weighted by Crippen LogP contribution is 2.33. The summed E-state index contributed by atoms with van der Waals surface area (Å²) in [6.07, 6.45) is -4.13. The summed E-state index contributed by atoms with van der Waals surface area (Å²) in [5.74, 6) is 5.46. The molecule has 4 atom stereocenters. The normalized spacial score (nSPS) is 25.5. The van der Waals surface area contributed by atoms with E-state index in [1.54, 1.807) is 0 Å². The molecule has 1 aliphatic heterocycles. The predicted molar refractivity (Wildman–Crippen MR) is 90.7 cm³/mol. The highest BCUT2D eigenvalue weighted by molar-refractivity contribution is 7.84. The molecule has 14 heteroatoms. The van der Waals surface area contributed by atoms with E-state index in [0.717, 1.165) is 0 Å². The maximum Gasteiger partial charge on any atom is 0.333 e. The Hall–Kier alpha value is -2.38. The molecule has 2 aromatic rings. The van der Waals surface area contributed by atoms with Gasteiger partial charge in [-0.15, -0.1) is 0 Å². The van der Waals surface area contributed by atoms with Crippen molar-refractivity contribution in [2.45, 2.75) is 24.5 Å². The Morgan fingerprint density at radius 1 is 1.33 bits per heavy atom. The third kappa shape index (κ3) is 3.84. The van der Waals surface area contributed by atoms with Crippen LogP contribution in [0.2, 0.25) is 0 Å². The lowest BCUT2D eigenvalue weighted by Crippen LogP contribution is -2.35. The van der Waals surface area contributed by atoms with Crippen LogP contribution in [0.1, 0.15) is 11.9 Å². The number of aromatic nitrogens is 4. The number of hydrogen-bond acceptors (Lipinski definition) is 11. The molecule has 1 saturated heterocycles. The maximum atomic E-state index is 10.9. The van der Waals surface area contributed by atoms with Crippen molar-refractivity contribution in [2.75, 3.05) is 18.9 Å². The Labute approximate surface area is 153 Å². The number of nitrogens with zero attached hydrogens (tertiary/aromatic N) is 4. The molecule has 0 saturated carbocycles. The van der Waals surface area contributed by atoms with E-state index in [0.29, 0.717) is 5.39 Å². The van der Waals surface area contributed by atoms with E-state index >= 15 is 0 Å². The lowest BCUT2D eigenvalue weighted by atomic mass is 10.1. The minimum absolute atomic E-state index is 0.0796. The molecule has 0 amide bonds. The van der Waals surface area contributed by atoms with E-state index in [2.05, 4.69) is 31.1 Å². The second kappa shape index (κ2) is 7.32. The molecule has 0 spiro atoms. The molecule has 0 bridgehead atoms. The van der Waals surface area contributed by atoms with Crippen LogP contribution in [0.3, 0.4) is 0 Å². The number of nitrogen functional groups attached to an aromatic ring is 1. The Balaban J connectivity index is 1.99. The van der Waals surface area contributed by atoms with Gasteiger partial charge in [0, 0.05) is 0 Å². The zero-order chi connectivity index (χ0) is 19.8. The van der Waals surface area contributed by atoms with Gasteiger partial charge in [-0.2, -0.15) is 13.5 Å². The summed E-state index contributed by atoms with van der Waals surface area (Å²) in [4.78, 5) is 7.96. The Morgan fingerprint density at radius 3 is 2.74 bits per heavy atom. The molecule has 3 heterocycles. The number of aliphatic hydroxyl groups is 2. The summed E-state index contributed by atoms with van der Waals surface area (Å²) in [7, 11) is -4.24. The number of hydrogen-bond donors (Lipinski definition) is 5. The number of aliphatic hydroxyl groups excluding tert-OH is 2. The molecule has 27 heavy (non-hydrogen) atoms. The molecule has 3 rings (SSSR count). The first-order valence-corrected chi connectivity index (χ1v) is 9.06. The number of fused-ring (bicyclic) bond motifs is 1. The summed E-state index contributed by atoms with van der Waals surface area (Å²) in [6.45, 7) is -0.514. The van der Waals surface area contributed by atoms with Crippen molar-refractivity contribution < 1.29 is 27.6 Å². The van der Waals surface area contributed by atoms with E-state index in [9.17, 15) is 18.6 Å². The van der Waals surface area contributed by atoms with Gasteiger partial charge in [0.25, 0.3) is 0 Å². The van der Waals surface area contributed by atoms with Crippen LogP contribution >= 0.6 is 0 Å². The molecule has 146 valence electrons. The Bertz CT molecular complexity index is 1010. The molecular weight excluding hydrogens is 382 g/mol. The van der Waals surface area contributed by atoms with Crippen LogP contribution in [0.5, 0.6) is 0 Å². The summed E-state index contributed by atoms with van der Waals surface area (Å²) in [6, 6.07) is 0. The van der Waals surface area contributed by atoms with E-state index in [4.69, 9.17) is 21.3 Å². The van der Waals surface area contributed by atoms with Gasteiger partial charge < -0.3 is 26.4 Å². The number of nitrogens with two attached hydrogens (primary N) is 3. The zero-order valence-electron chi connectivity index (χ0n) is 13.8. The van der Waals surface area contributed by atoms with Crippen LogP contribution in [0, 0.1) is 11.8 Å². The predicted octanol–water partition coefficient (Wildman–Crippen LogP) is -3.44.